The van der Waals surface area contributed by atoms with E-state index >= 15 is 0 Å². The summed E-state index contributed by atoms with van der Waals surface area (Å²) in [6.45, 7) is 9.63. The Hall–Kier alpha value is -6.76. The Morgan fingerprint density at radius 1 is 0.259 bits per heavy atom. The number of hydrogen-bond donors (Lipinski definition) is 0. The predicted octanol–water partition coefficient (Wildman–Crippen LogP) is 15.9. The maximum atomic E-state index is 2.48. The van der Waals surface area contributed by atoms with E-state index in [1.54, 1.807) is 0 Å². The largest absolute Gasteiger partial charge is 0.0616 e. The van der Waals surface area contributed by atoms with Crippen LogP contribution in [-0.2, 0) is 10.8 Å². The summed E-state index contributed by atoms with van der Waals surface area (Å²) in [6, 6.07) is 68.8. The maximum Gasteiger partial charge on any atom is 0.0159 e. The fourth-order valence-corrected chi connectivity index (χ4v) is 10.8. The first-order valence-electron chi connectivity index (χ1n) is 20.7. The van der Waals surface area contributed by atoms with Crippen LogP contribution in [0.2, 0.25) is 0 Å². The van der Waals surface area contributed by atoms with E-state index in [1.807, 2.05) is 0 Å². The summed E-state index contributed by atoms with van der Waals surface area (Å²) < 4.78 is 0. The lowest BCUT2D eigenvalue weighted by molar-refractivity contribution is 0.660. The van der Waals surface area contributed by atoms with Gasteiger partial charge in [-0.1, -0.05) is 173 Å². The summed E-state index contributed by atoms with van der Waals surface area (Å²) in [5, 5.41) is 10.3. The van der Waals surface area contributed by atoms with Crippen molar-refractivity contribution >= 4 is 43.1 Å². The van der Waals surface area contributed by atoms with Gasteiger partial charge in [0.05, 0.1) is 0 Å². The van der Waals surface area contributed by atoms with Crippen LogP contribution in [0.1, 0.15) is 49.9 Å². The molecule has 0 N–H and O–H groups in total. The molecule has 10 aromatic rings. The van der Waals surface area contributed by atoms with Crippen molar-refractivity contribution in [2.24, 2.45) is 0 Å². The third-order valence-corrected chi connectivity index (χ3v) is 13.8. The maximum absolute atomic E-state index is 2.48. The molecule has 0 heterocycles. The van der Waals surface area contributed by atoms with Gasteiger partial charge in [-0.15, -0.1) is 0 Å². The fraction of sp³-hybridized carbons (Fsp3) is 0.103. The van der Waals surface area contributed by atoms with Crippen LogP contribution >= 0.6 is 0 Å². The van der Waals surface area contributed by atoms with E-state index in [4.69, 9.17) is 0 Å². The van der Waals surface area contributed by atoms with Crippen LogP contribution in [0, 0.1) is 0 Å². The minimum atomic E-state index is -0.147. The first-order valence-corrected chi connectivity index (χ1v) is 20.7. The van der Waals surface area contributed by atoms with Crippen LogP contribution < -0.4 is 0 Å². The highest BCUT2D eigenvalue weighted by Crippen LogP contribution is 2.54. The van der Waals surface area contributed by atoms with Gasteiger partial charge in [0.1, 0.15) is 0 Å². The zero-order valence-corrected chi connectivity index (χ0v) is 33.3. The third-order valence-electron chi connectivity index (χ3n) is 13.8. The molecule has 0 fully saturated rings. The first kappa shape index (κ1) is 33.4. The van der Waals surface area contributed by atoms with Gasteiger partial charge in [0.25, 0.3) is 0 Å². The van der Waals surface area contributed by atoms with Crippen molar-refractivity contribution in [3.8, 4) is 55.6 Å². The number of fused-ring (bicyclic) bond motifs is 10. The van der Waals surface area contributed by atoms with E-state index in [2.05, 4.69) is 210 Å². The fourth-order valence-electron chi connectivity index (χ4n) is 10.8. The smallest absolute Gasteiger partial charge is 0.0159 e. The number of benzene rings is 10. The summed E-state index contributed by atoms with van der Waals surface area (Å²) in [5.74, 6) is 0. The summed E-state index contributed by atoms with van der Waals surface area (Å²) in [6.07, 6.45) is 0. The normalized spacial score (nSPS) is 14.5. The van der Waals surface area contributed by atoms with Crippen molar-refractivity contribution in [1.82, 2.24) is 0 Å². The quantitative estimate of drug-likeness (QED) is 0.158. The molecule has 0 bridgehead atoms. The Morgan fingerprint density at radius 3 is 0.828 bits per heavy atom. The molecule has 2 aliphatic rings. The van der Waals surface area contributed by atoms with Crippen LogP contribution in [0.3, 0.4) is 0 Å². The lowest BCUT2D eigenvalue weighted by Gasteiger charge is -2.24. The molecule has 0 unspecified atom stereocenters. The van der Waals surface area contributed by atoms with Crippen LogP contribution in [-0.4, -0.2) is 0 Å². The van der Waals surface area contributed by atoms with Crippen LogP contribution in [0.15, 0.2) is 182 Å². The van der Waals surface area contributed by atoms with Gasteiger partial charge in [-0.3, -0.25) is 0 Å². The van der Waals surface area contributed by atoms with E-state index in [0.717, 1.165) is 0 Å². The SMILES string of the molecule is CC1(C)c2cc(-c3ccc4c(c3)C(C)(C)c3cc(-c5c6ccccc6cc6ccccc56)ccc3-4)ccc2-c2ccc(-c3c4ccccc4cc4ccccc34)cc21. The van der Waals surface area contributed by atoms with Crippen molar-refractivity contribution in [2.75, 3.05) is 0 Å². The number of rotatable bonds is 3. The molecule has 0 aliphatic heterocycles. The van der Waals surface area contributed by atoms with Crippen molar-refractivity contribution in [3.63, 3.8) is 0 Å². The van der Waals surface area contributed by atoms with E-state index in [1.165, 1.54) is 121 Å². The molecule has 0 nitrogen and oxygen atoms in total. The van der Waals surface area contributed by atoms with Crippen LogP contribution in [0.5, 0.6) is 0 Å². The molecule has 0 spiro atoms. The van der Waals surface area contributed by atoms with E-state index in [-0.39, 0.29) is 10.8 Å². The first-order chi connectivity index (χ1) is 28.3. The van der Waals surface area contributed by atoms with Crippen molar-refractivity contribution in [1.29, 1.82) is 0 Å². The van der Waals surface area contributed by atoms with Gasteiger partial charge in [0, 0.05) is 10.8 Å². The molecule has 2 aliphatic carbocycles. The highest BCUT2D eigenvalue weighted by Gasteiger charge is 2.38. The Bertz CT molecular complexity index is 3050. The Labute approximate surface area is 340 Å². The topological polar surface area (TPSA) is 0 Å². The minimum absolute atomic E-state index is 0.147. The van der Waals surface area contributed by atoms with Crippen molar-refractivity contribution in [2.45, 2.75) is 38.5 Å². The summed E-state index contributed by atoms with van der Waals surface area (Å²) in [7, 11) is 0. The molecular weight excluding hydrogens is 697 g/mol. The standard InChI is InChI=1S/C58H42/c1-57(2)51-31-35(21-25-47(51)49-27-23-41(33-53(49)57)55-43-17-9-5-13-37(43)29-38-14-6-10-18-44(38)55)36-22-26-48-50-28-24-42(34-54(50)58(3,4)52(48)32-36)56-45-19-11-7-15-39(45)30-40-16-8-12-20-46(40)56/h5-34H,1-4H3. The highest BCUT2D eigenvalue weighted by atomic mass is 14.4. The molecule has 274 valence electrons. The van der Waals surface area contributed by atoms with E-state index in [0.29, 0.717) is 0 Å². The molecule has 10 aromatic carbocycles. The molecule has 0 aromatic heterocycles. The average Bonchev–Trinajstić information content (AvgIpc) is 3.62. The monoisotopic (exact) mass is 738 g/mol. The van der Waals surface area contributed by atoms with Gasteiger partial charge in [-0.25, -0.2) is 0 Å². The number of hydrogen-bond acceptors (Lipinski definition) is 0. The summed E-state index contributed by atoms with van der Waals surface area (Å²) in [5.41, 5.74) is 18.4. The second-order valence-corrected chi connectivity index (χ2v) is 17.7. The van der Waals surface area contributed by atoms with Gasteiger partial charge in [0.15, 0.2) is 0 Å². The zero-order chi connectivity index (χ0) is 38.9. The highest BCUT2D eigenvalue weighted by molar-refractivity contribution is 6.14. The molecule has 58 heavy (non-hydrogen) atoms. The van der Waals surface area contributed by atoms with Crippen molar-refractivity contribution in [3.05, 3.63) is 204 Å². The average molecular weight is 739 g/mol. The predicted molar refractivity (Wildman–Crippen MR) is 248 cm³/mol. The van der Waals surface area contributed by atoms with E-state index in [9.17, 15) is 0 Å². The molecule has 12 rings (SSSR count). The van der Waals surface area contributed by atoms with Crippen LogP contribution in [0.25, 0.3) is 98.7 Å². The van der Waals surface area contributed by atoms with Crippen LogP contribution in [0.4, 0.5) is 0 Å². The molecule has 0 heteroatoms. The second-order valence-electron chi connectivity index (χ2n) is 17.7. The third kappa shape index (κ3) is 4.63. The van der Waals surface area contributed by atoms with Gasteiger partial charge in [-0.2, -0.15) is 0 Å². The summed E-state index contributed by atoms with van der Waals surface area (Å²) in [4.78, 5) is 0. The molecule has 0 radical (unpaired) electrons. The lowest BCUT2D eigenvalue weighted by Crippen LogP contribution is -2.15. The van der Waals surface area contributed by atoms with Gasteiger partial charge >= 0.3 is 0 Å². The Kier molecular flexibility index (Phi) is 6.84. The molecule has 0 amide bonds. The molecular formula is C58H42. The van der Waals surface area contributed by atoms with Gasteiger partial charge < -0.3 is 0 Å². The summed E-state index contributed by atoms with van der Waals surface area (Å²) >= 11 is 0. The van der Waals surface area contributed by atoms with Gasteiger partial charge in [0.2, 0.25) is 0 Å². The Balaban J connectivity index is 0.934. The molecule has 0 saturated heterocycles. The zero-order valence-electron chi connectivity index (χ0n) is 33.3. The second kappa shape index (κ2) is 11.9. The van der Waals surface area contributed by atoms with Crippen molar-refractivity contribution < 1.29 is 0 Å². The molecule has 0 atom stereocenters. The van der Waals surface area contributed by atoms with Gasteiger partial charge in [-0.05, 0) is 157 Å². The molecule has 0 saturated carbocycles. The lowest BCUT2D eigenvalue weighted by atomic mass is 9.79. The minimum Gasteiger partial charge on any atom is -0.0616 e. The van der Waals surface area contributed by atoms with E-state index < -0.39 is 0 Å². The Morgan fingerprint density at radius 2 is 0.517 bits per heavy atom.